The zero-order valence-electron chi connectivity index (χ0n) is 19.2. The molecule has 0 aromatic heterocycles. The van der Waals surface area contributed by atoms with Crippen LogP contribution in [-0.4, -0.2) is 0 Å². The van der Waals surface area contributed by atoms with Gasteiger partial charge in [0.25, 0.3) is 0 Å². The maximum absolute atomic E-state index is 13.9. The number of nitrogens with zero attached hydrogens (tertiary/aromatic N) is 1. The van der Waals surface area contributed by atoms with Gasteiger partial charge in [-0.15, -0.1) is 0 Å². The molecule has 0 saturated carbocycles. The van der Waals surface area contributed by atoms with Crippen LogP contribution in [0.3, 0.4) is 0 Å². The second-order valence-corrected chi connectivity index (χ2v) is 8.92. The van der Waals surface area contributed by atoms with Crippen molar-refractivity contribution < 1.29 is 13.5 Å². The van der Waals surface area contributed by atoms with Crippen LogP contribution in [0.4, 0.5) is 14.5 Å². The molecule has 35 heavy (non-hydrogen) atoms. The molecule has 6 rings (SSSR count). The van der Waals surface area contributed by atoms with Crippen LogP contribution in [0, 0.1) is 18.6 Å². The summed E-state index contributed by atoms with van der Waals surface area (Å²) in [6.45, 7) is 2.05. The molecule has 2 unspecified atom stereocenters. The Bertz CT molecular complexity index is 1490. The lowest BCUT2D eigenvalue weighted by molar-refractivity contribution is 0.172. The summed E-state index contributed by atoms with van der Waals surface area (Å²) in [5.74, 6) is 0.207. The highest BCUT2D eigenvalue weighted by molar-refractivity contribution is 5.90. The monoisotopic (exact) mass is 463 g/mol. The molecule has 2 nitrogen and oxygen atoms in total. The van der Waals surface area contributed by atoms with Crippen molar-refractivity contribution in [2.75, 3.05) is 4.90 Å². The quantitative estimate of drug-likeness (QED) is 0.268. The van der Waals surface area contributed by atoms with Gasteiger partial charge in [-0.1, -0.05) is 78.4 Å². The van der Waals surface area contributed by atoms with Crippen molar-refractivity contribution in [3.8, 4) is 5.75 Å². The molecule has 172 valence electrons. The van der Waals surface area contributed by atoms with Crippen LogP contribution in [-0.2, 0) is 0 Å². The van der Waals surface area contributed by atoms with E-state index in [-0.39, 0.29) is 17.7 Å². The van der Waals surface area contributed by atoms with E-state index in [2.05, 4.69) is 53.4 Å². The summed E-state index contributed by atoms with van der Waals surface area (Å²) in [4.78, 5) is 2.19. The molecule has 0 amide bonds. The zero-order valence-corrected chi connectivity index (χ0v) is 19.2. The first-order chi connectivity index (χ1) is 17.1. The second kappa shape index (κ2) is 8.55. The summed E-state index contributed by atoms with van der Waals surface area (Å²) in [7, 11) is 0. The van der Waals surface area contributed by atoms with E-state index in [0.29, 0.717) is 0 Å². The van der Waals surface area contributed by atoms with E-state index >= 15 is 0 Å². The van der Waals surface area contributed by atoms with Gasteiger partial charge >= 0.3 is 0 Å². The summed E-state index contributed by atoms with van der Waals surface area (Å²) < 4.78 is 34.6. The molecule has 1 aliphatic heterocycles. The van der Waals surface area contributed by atoms with E-state index in [4.69, 9.17) is 4.74 Å². The highest BCUT2D eigenvalue weighted by Gasteiger charge is 2.38. The first-order valence-electron chi connectivity index (χ1n) is 11.6. The number of hydrogen-bond donors (Lipinski definition) is 0. The number of rotatable bonds is 3. The summed E-state index contributed by atoms with van der Waals surface area (Å²) in [5, 5.41) is 2.08. The molecule has 0 bridgehead atoms. The molecule has 5 aromatic rings. The number of aryl methyl sites for hydroxylation is 1. The normalized spacial score (nSPS) is 17.2. The minimum absolute atomic E-state index is 0.248. The fraction of sp³-hybridized carbons (Fsp3) is 0.0968. The highest BCUT2D eigenvalue weighted by Crippen LogP contribution is 2.50. The summed E-state index contributed by atoms with van der Waals surface area (Å²) in [6.07, 6.45) is -0.522. The number of halogens is 2. The van der Waals surface area contributed by atoms with Crippen LogP contribution in [0.25, 0.3) is 10.8 Å². The molecule has 4 heteroatoms. The maximum atomic E-state index is 13.9. The third-order valence-electron chi connectivity index (χ3n) is 6.64. The fourth-order valence-electron chi connectivity index (χ4n) is 4.90. The SMILES string of the molecule is Cc1ccc(N2C(c3ccc(F)cc3)Oc3c(ccc4ccccc34)C2c2ccc(F)cc2)cc1. The molecule has 0 fully saturated rings. The van der Waals surface area contributed by atoms with E-state index in [1.54, 1.807) is 12.1 Å². The summed E-state index contributed by atoms with van der Waals surface area (Å²) in [5.41, 5.74) is 4.87. The molecule has 0 saturated heterocycles. The van der Waals surface area contributed by atoms with E-state index < -0.39 is 6.23 Å². The van der Waals surface area contributed by atoms with Crippen LogP contribution in [0.5, 0.6) is 5.75 Å². The average molecular weight is 464 g/mol. The van der Waals surface area contributed by atoms with E-state index in [1.807, 2.05) is 31.2 Å². The van der Waals surface area contributed by atoms with Crippen molar-refractivity contribution >= 4 is 16.5 Å². The Balaban J connectivity index is 1.64. The minimum atomic E-state index is -0.522. The number of anilines is 1. The molecule has 0 spiro atoms. The van der Waals surface area contributed by atoms with Crippen molar-refractivity contribution in [1.29, 1.82) is 0 Å². The Hall–Kier alpha value is -4.18. The first-order valence-corrected chi connectivity index (χ1v) is 11.6. The Morgan fingerprint density at radius 2 is 1.29 bits per heavy atom. The van der Waals surface area contributed by atoms with Gasteiger partial charge < -0.3 is 9.64 Å². The molecule has 2 atom stereocenters. The minimum Gasteiger partial charge on any atom is -0.465 e. The largest absolute Gasteiger partial charge is 0.465 e. The molecular formula is C31H23F2NO. The van der Waals surface area contributed by atoms with Gasteiger partial charge in [0.2, 0.25) is 0 Å². The van der Waals surface area contributed by atoms with Crippen molar-refractivity contribution in [2.24, 2.45) is 0 Å². The maximum Gasteiger partial charge on any atom is 0.199 e. The Labute approximate surface area is 203 Å². The molecule has 0 radical (unpaired) electrons. The van der Waals surface area contributed by atoms with Crippen LogP contribution in [0.1, 0.15) is 34.5 Å². The summed E-state index contributed by atoms with van der Waals surface area (Å²) in [6, 6.07) is 33.4. The lowest BCUT2D eigenvalue weighted by Gasteiger charge is -2.45. The smallest absolute Gasteiger partial charge is 0.199 e. The van der Waals surface area contributed by atoms with Gasteiger partial charge in [0.1, 0.15) is 17.4 Å². The number of benzene rings is 5. The van der Waals surface area contributed by atoms with Gasteiger partial charge in [0, 0.05) is 22.2 Å². The zero-order chi connectivity index (χ0) is 23.9. The van der Waals surface area contributed by atoms with Crippen molar-refractivity contribution in [2.45, 2.75) is 19.2 Å². The topological polar surface area (TPSA) is 12.5 Å². The van der Waals surface area contributed by atoms with Gasteiger partial charge in [0.15, 0.2) is 6.23 Å². The highest BCUT2D eigenvalue weighted by atomic mass is 19.1. The van der Waals surface area contributed by atoms with Crippen molar-refractivity contribution in [3.05, 3.63) is 143 Å². The first kappa shape index (κ1) is 21.4. The fourth-order valence-corrected chi connectivity index (χ4v) is 4.90. The summed E-state index contributed by atoms with van der Waals surface area (Å²) >= 11 is 0. The van der Waals surface area contributed by atoms with Gasteiger partial charge in [0.05, 0.1) is 6.04 Å². The molecule has 1 aliphatic rings. The molecule has 5 aromatic carbocycles. The van der Waals surface area contributed by atoms with E-state index in [0.717, 1.165) is 44.5 Å². The third kappa shape index (κ3) is 3.81. The number of ether oxygens (including phenoxy) is 1. The Morgan fingerprint density at radius 3 is 1.97 bits per heavy atom. The van der Waals surface area contributed by atoms with Crippen LogP contribution < -0.4 is 9.64 Å². The Kier molecular flexibility index (Phi) is 5.22. The van der Waals surface area contributed by atoms with Gasteiger partial charge in [-0.3, -0.25) is 0 Å². The van der Waals surface area contributed by atoms with Crippen LogP contribution in [0.2, 0.25) is 0 Å². The standard InChI is InChI=1S/C31H23F2NO/c1-20-6-17-26(18-7-20)34-29(22-8-13-24(32)14-9-22)28-19-12-21-4-2-3-5-27(21)30(28)35-31(34)23-10-15-25(33)16-11-23/h2-19,29,31H,1H3. The van der Waals surface area contributed by atoms with Crippen molar-refractivity contribution in [1.82, 2.24) is 0 Å². The predicted octanol–water partition coefficient (Wildman–Crippen LogP) is 8.11. The second-order valence-electron chi connectivity index (χ2n) is 8.92. The van der Waals surface area contributed by atoms with Crippen molar-refractivity contribution in [3.63, 3.8) is 0 Å². The number of hydrogen-bond acceptors (Lipinski definition) is 2. The molecular weight excluding hydrogens is 440 g/mol. The lowest BCUT2D eigenvalue weighted by Crippen LogP contribution is -2.40. The van der Waals surface area contributed by atoms with Crippen LogP contribution >= 0.6 is 0 Å². The average Bonchev–Trinajstić information content (AvgIpc) is 2.89. The Morgan fingerprint density at radius 1 is 0.657 bits per heavy atom. The van der Waals surface area contributed by atoms with E-state index in [1.165, 1.54) is 24.3 Å². The predicted molar refractivity (Wildman–Crippen MR) is 136 cm³/mol. The van der Waals surface area contributed by atoms with E-state index in [9.17, 15) is 8.78 Å². The van der Waals surface area contributed by atoms with Gasteiger partial charge in [-0.05, 0) is 54.3 Å². The lowest BCUT2D eigenvalue weighted by atomic mass is 9.90. The molecule has 1 heterocycles. The molecule has 0 aliphatic carbocycles. The third-order valence-corrected chi connectivity index (χ3v) is 6.64. The number of fused-ring (bicyclic) bond motifs is 3. The molecule has 0 N–H and O–H groups in total. The van der Waals surface area contributed by atoms with Crippen LogP contribution in [0.15, 0.2) is 109 Å². The van der Waals surface area contributed by atoms with Gasteiger partial charge in [-0.2, -0.15) is 0 Å². The van der Waals surface area contributed by atoms with Gasteiger partial charge in [-0.25, -0.2) is 8.78 Å².